The topological polar surface area (TPSA) is 68.0 Å². The Morgan fingerprint density at radius 3 is 2.71 bits per heavy atom. The second-order valence-electron chi connectivity index (χ2n) is 4.54. The van der Waals surface area contributed by atoms with E-state index in [2.05, 4.69) is 26.2 Å². The highest BCUT2D eigenvalue weighted by atomic mass is 79.9. The number of para-hydroxylation sites is 2. The zero-order chi connectivity index (χ0) is 14.8. The summed E-state index contributed by atoms with van der Waals surface area (Å²) in [5.74, 6) is -0.257. The summed E-state index contributed by atoms with van der Waals surface area (Å²) in [6, 6.07) is 14.7. The van der Waals surface area contributed by atoms with Gasteiger partial charge in [0, 0.05) is 16.1 Å². The number of benzene rings is 2. The Morgan fingerprint density at radius 1 is 1.10 bits per heavy atom. The summed E-state index contributed by atoms with van der Waals surface area (Å²) in [5, 5.41) is 3.84. The van der Waals surface area contributed by atoms with E-state index < -0.39 is 0 Å². The molecule has 0 spiro atoms. The summed E-state index contributed by atoms with van der Waals surface area (Å²) in [5.41, 5.74) is 8.19. The van der Waals surface area contributed by atoms with Crippen LogP contribution in [0.1, 0.15) is 10.4 Å². The Labute approximate surface area is 130 Å². The van der Waals surface area contributed by atoms with E-state index in [1.165, 1.54) is 0 Å². The zero-order valence-corrected chi connectivity index (χ0v) is 12.6. The fraction of sp³-hybridized carbons (Fsp3) is 0. The molecule has 3 rings (SSSR count). The molecule has 0 aliphatic rings. The highest BCUT2D eigenvalue weighted by molar-refractivity contribution is 9.10. The van der Waals surface area contributed by atoms with Crippen LogP contribution in [0.5, 0.6) is 0 Å². The second-order valence-corrected chi connectivity index (χ2v) is 5.39. The van der Waals surface area contributed by atoms with Crippen LogP contribution in [0.2, 0.25) is 0 Å². The Balaban J connectivity index is 1.99. The average molecular weight is 342 g/mol. The Hall–Kier alpha value is -2.40. The molecule has 0 bridgehead atoms. The Bertz CT molecular complexity index is 827. The quantitative estimate of drug-likeness (QED) is 0.696. The highest BCUT2D eigenvalue weighted by Gasteiger charge is 2.13. The van der Waals surface area contributed by atoms with Crippen LogP contribution in [0.4, 0.5) is 11.4 Å². The molecular weight excluding hydrogens is 330 g/mol. The molecular formula is C16H12BrN3O. The summed E-state index contributed by atoms with van der Waals surface area (Å²) in [6.45, 7) is 0. The number of carbonyl (C=O) groups is 1. The van der Waals surface area contributed by atoms with Gasteiger partial charge in [-0.3, -0.25) is 9.78 Å². The molecule has 2 aromatic carbocycles. The summed E-state index contributed by atoms with van der Waals surface area (Å²) in [7, 11) is 0. The van der Waals surface area contributed by atoms with Crippen molar-refractivity contribution < 1.29 is 4.79 Å². The van der Waals surface area contributed by atoms with Crippen LogP contribution in [0.15, 0.2) is 59.2 Å². The normalized spacial score (nSPS) is 10.5. The molecule has 0 aliphatic carbocycles. The van der Waals surface area contributed by atoms with Crippen molar-refractivity contribution in [3.05, 3.63) is 64.8 Å². The number of nitrogens with zero attached hydrogens (tertiary/aromatic N) is 1. The number of carbonyl (C=O) groups excluding carboxylic acids is 1. The number of hydrogen-bond donors (Lipinski definition) is 2. The Kier molecular flexibility index (Phi) is 3.58. The fourth-order valence-corrected chi connectivity index (χ4v) is 2.50. The van der Waals surface area contributed by atoms with Crippen molar-refractivity contribution in [2.75, 3.05) is 11.1 Å². The van der Waals surface area contributed by atoms with Gasteiger partial charge >= 0.3 is 0 Å². The number of nitrogen functional groups attached to an aromatic ring is 1. The van der Waals surface area contributed by atoms with Crippen molar-refractivity contribution in [1.82, 2.24) is 4.98 Å². The molecule has 0 unspecified atom stereocenters. The van der Waals surface area contributed by atoms with Gasteiger partial charge in [-0.05, 0) is 40.2 Å². The maximum absolute atomic E-state index is 12.4. The third-order valence-corrected chi connectivity index (χ3v) is 3.87. The van der Waals surface area contributed by atoms with Gasteiger partial charge in [-0.15, -0.1) is 0 Å². The molecule has 21 heavy (non-hydrogen) atoms. The van der Waals surface area contributed by atoms with Crippen LogP contribution < -0.4 is 11.1 Å². The summed E-state index contributed by atoms with van der Waals surface area (Å²) in [4.78, 5) is 16.7. The van der Waals surface area contributed by atoms with Gasteiger partial charge in [0.15, 0.2) is 0 Å². The molecule has 0 radical (unpaired) electrons. The zero-order valence-electron chi connectivity index (χ0n) is 11.0. The lowest BCUT2D eigenvalue weighted by atomic mass is 10.1. The lowest BCUT2D eigenvalue weighted by Crippen LogP contribution is -2.14. The average Bonchev–Trinajstić information content (AvgIpc) is 2.50. The van der Waals surface area contributed by atoms with Crippen LogP contribution in [0.25, 0.3) is 10.9 Å². The number of aromatic nitrogens is 1. The number of amides is 1. The maximum atomic E-state index is 12.4. The molecule has 3 aromatic rings. The van der Waals surface area contributed by atoms with Gasteiger partial charge in [0.2, 0.25) is 0 Å². The predicted octanol–water partition coefficient (Wildman–Crippen LogP) is 3.83. The molecule has 0 saturated carbocycles. The Morgan fingerprint density at radius 2 is 1.86 bits per heavy atom. The van der Waals surface area contributed by atoms with Crippen molar-refractivity contribution >= 4 is 44.1 Å². The molecule has 1 heterocycles. The molecule has 4 nitrogen and oxygen atoms in total. The van der Waals surface area contributed by atoms with Crippen molar-refractivity contribution in [2.45, 2.75) is 0 Å². The van der Waals surface area contributed by atoms with Gasteiger partial charge in [-0.2, -0.15) is 0 Å². The molecule has 104 valence electrons. The minimum atomic E-state index is -0.257. The first-order valence-corrected chi connectivity index (χ1v) is 7.15. The molecule has 3 N–H and O–H groups in total. The first-order valence-electron chi connectivity index (χ1n) is 6.36. The third kappa shape index (κ3) is 2.60. The van der Waals surface area contributed by atoms with Gasteiger partial charge in [-0.1, -0.05) is 24.3 Å². The van der Waals surface area contributed by atoms with Crippen molar-refractivity contribution in [2.24, 2.45) is 0 Å². The fourth-order valence-electron chi connectivity index (χ4n) is 2.13. The van der Waals surface area contributed by atoms with Gasteiger partial charge in [0.1, 0.15) is 0 Å². The predicted molar refractivity (Wildman–Crippen MR) is 88.3 cm³/mol. The van der Waals surface area contributed by atoms with Gasteiger partial charge < -0.3 is 11.1 Å². The minimum Gasteiger partial charge on any atom is -0.397 e. The van der Waals surface area contributed by atoms with E-state index in [1.54, 1.807) is 24.4 Å². The molecule has 0 atom stereocenters. The smallest absolute Gasteiger partial charge is 0.257 e. The number of hydrogen-bond acceptors (Lipinski definition) is 3. The van der Waals surface area contributed by atoms with Crippen molar-refractivity contribution in [3.63, 3.8) is 0 Å². The number of fused-ring (bicyclic) bond motifs is 1. The number of rotatable bonds is 2. The number of pyridine rings is 1. The number of anilines is 2. The lowest BCUT2D eigenvalue weighted by molar-refractivity contribution is 0.102. The number of nitrogens with one attached hydrogen (secondary N) is 1. The molecule has 1 amide bonds. The van der Waals surface area contributed by atoms with E-state index in [0.29, 0.717) is 21.4 Å². The standard InChI is InChI=1S/C16H12BrN3O/c17-12-7-2-6-11(14(12)18)16(21)20-13-8-1-4-10-5-3-9-19-15(10)13/h1-9H,18H2,(H,20,21). The van der Waals surface area contributed by atoms with Crippen LogP contribution >= 0.6 is 15.9 Å². The first kappa shape index (κ1) is 13.6. The molecule has 0 saturated heterocycles. The van der Waals surface area contributed by atoms with Gasteiger partial charge in [0.05, 0.1) is 22.5 Å². The van der Waals surface area contributed by atoms with Crippen LogP contribution in [-0.2, 0) is 0 Å². The van der Waals surface area contributed by atoms with Crippen LogP contribution in [0.3, 0.4) is 0 Å². The van der Waals surface area contributed by atoms with Gasteiger partial charge in [0.25, 0.3) is 5.91 Å². The molecule has 0 fully saturated rings. The van der Waals surface area contributed by atoms with Crippen molar-refractivity contribution in [1.29, 1.82) is 0 Å². The minimum absolute atomic E-state index is 0.257. The van der Waals surface area contributed by atoms with Gasteiger partial charge in [-0.25, -0.2) is 0 Å². The largest absolute Gasteiger partial charge is 0.397 e. The van der Waals surface area contributed by atoms with Crippen LogP contribution in [0, 0.1) is 0 Å². The first-order chi connectivity index (χ1) is 10.2. The molecule has 0 aliphatic heterocycles. The third-order valence-electron chi connectivity index (χ3n) is 3.18. The summed E-state index contributed by atoms with van der Waals surface area (Å²) >= 11 is 3.32. The second kappa shape index (κ2) is 5.54. The van der Waals surface area contributed by atoms with E-state index >= 15 is 0 Å². The molecule has 5 heteroatoms. The van der Waals surface area contributed by atoms with E-state index in [9.17, 15) is 4.79 Å². The SMILES string of the molecule is Nc1c(Br)cccc1C(=O)Nc1cccc2cccnc12. The van der Waals surface area contributed by atoms with E-state index in [4.69, 9.17) is 5.73 Å². The van der Waals surface area contributed by atoms with Crippen LogP contribution in [-0.4, -0.2) is 10.9 Å². The van der Waals surface area contributed by atoms with E-state index in [1.807, 2.05) is 30.3 Å². The summed E-state index contributed by atoms with van der Waals surface area (Å²) in [6.07, 6.45) is 1.70. The number of nitrogens with two attached hydrogens (primary N) is 1. The van der Waals surface area contributed by atoms with E-state index in [0.717, 1.165) is 10.9 Å². The monoisotopic (exact) mass is 341 g/mol. The summed E-state index contributed by atoms with van der Waals surface area (Å²) < 4.78 is 0.700. The maximum Gasteiger partial charge on any atom is 0.257 e. The highest BCUT2D eigenvalue weighted by Crippen LogP contribution is 2.25. The van der Waals surface area contributed by atoms with Crippen molar-refractivity contribution in [3.8, 4) is 0 Å². The lowest BCUT2D eigenvalue weighted by Gasteiger charge is -2.10. The van der Waals surface area contributed by atoms with E-state index in [-0.39, 0.29) is 5.91 Å². The molecule has 1 aromatic heterocycles. The number of halogens is 1.